The molecule has 0 saturated heterocycles. The maximum Gasteiger partial charge on any atom is 0.310 e. The minimum atomic E-state index is -0.205. The van der Waals surface area contributed by atoms with Gasteiger partial charge in [0.25, 0.3) is 5.91 Å². The fourth-order valence-corrected chi connectivity index (χ4v) is 2.76. The number of hydrogen-bond acceptors (Lipinski definition) is 4. The highest BCUT2D eigenvalue weighted by Crippen LogP contribution is 2.15. The molecule has 23 heavy (non-hydrogen) atoms. The summed E-state index contributed by atoms with van der Waals surface area (Å²) >= 11 is 0.960. The second-order valence-corrected chi connectivity index (χ2v) is 5.78. The molecule has 0 aliphatic rings. The maximum absolute atomic E-state index is 12.1. The number of nitrogens with one attached hydrogen (secondary N) is 1. The van der Waals surface area contributed by atoms with E-state index in [1.165, 1.54) is 9.95 Å². The van der Waals surface area contributed by atoms with Crippen molar-refractivity contribution >= 4 is 22.9 Å². The van der Waals surface area contributed by atoms with E-state index in [1.807, 2.05) is 30.3 Å². The van der Waals surface area contributed by atoms with Crippen LogP contribution >= 0.6 is 11.3 Å². The average Bonchev–Trinajstić information content (AvgIpc) is 2.89. The first kappa shape index (κ1) is 15.1. The lowest BCUT2D eigenvalue weighted by atomic mass is 10.2. The quantitative estimate of drug-likeness (QED) is 0.774. The van der Waals surface area contributed by atoms with Gasteiger partial charge in [-0.15, -0.1) is 0 Å². The van der Waals surface area contributed by atoms with Gasteiger partial charge in [-0.2, -0.15) is 0 Å². The summed E-state index contributed by atoms with van der Waals surface area (Å²) in [6, 6.07) is 16.1. The van der Waals surface area contributed by atoms with Crippen LogP contribution in [-0.4, -0.2) is 15.6 Å². The lowest BCUT2D eigenvalue weighted by molar-refractivity contribution is 0.102. The summed E-state index contributed by atoms with van der Waals surface area (Å²) in [4.78, 5) is 23.4. The molecule has 0 aliphatic carbocycles. The number of anilines is 1. The molecule has 0 saturated carbocycles. The van der Waals surface area contributed by atoms with E-state index < -0.39 is 0 Å². The van der Waals surface area contributed by atoms with Crippen molar-refractivity contribution in [3.63, 3.8) is 0 Å². The largest absolute Gasteiger partial charge is 0.494 e. The molecular formula is C17H14N2O3S. The van der Waals surface area contributed by atoms with Crippen LogP contribution in [-0.2, 0) is 6.54 Å². The van der Waals surface area contributed by atoms with E-state index in [9.17, 15) is 14.7 Å². The number of benzene rings is 2. The highest BCUT2D eigenvalue weighted by atomic mass is 32.1. The van der Waals surface area contributed by atoms with Crippen LogP contribution in [0.2, 0.25) is 0 Å². The predicted octanol–water partition coefficient (Wildman–Crippen LogP) is 2.92. The molecule has 1 heterocycles. The van der Waals surface area contributed by atoms with E-state index in [4.69, 9.17) is 0 Å². The second-order valence-electron chi connectivity index (χ2n) is 4.96. The van der Waals surface area contributed by atoms with Gasteiger partial charge < -0.3 is 10.4 Å². The minimum absolute atomic E-state index is 0.0403. The molecule has 5 nitrogen and oxygen atoms in total. The van der Waals surface area contributed by atoms with Gasteiger partial charge in [0.05, 0.1) is 11.9 Å². The van der Waals surface area contributed by atoms with Gasteiger partial charge in [-0.25, -0.2) is 0 Å². The Hall–Kier alpha value is -2.86. The number of rotatable bonds is 4. The summed E-state index contributed by atoms with van der Waals surface area (Å²) < 4.78 is 1.29. The Labute approximate surface area is 136 Å². The molecular weight excluding hydrogens is 312 g/mol. The first-order valence-electron chi connectivity index (χ1n) is 6.96. The molecule has 2 N–H and O–H groups in total. The summed E-state index contributed by atoms with van der Waals surface area (Å²) in [5.74, 6) is -0.216. The Kier molecular flexibility index (Phi) is 4.25. The average molecular weight is 326 g/mol. The molecule has 1 aromatic heterocycles. The zero-order valence-corrected chi connectivity index (χ0v) is 12.9. The van der Waals surface area contributed by atoms with E-state index in [1.54, 1.807) is 24.3 Å². The van der Waals surface area contributed by atoms with E-state index in [2.05, 4.69) is 5.32 Å². The van der Waals surface area contributed by atoms with Crippen molar-refractivity contribution in [2.45, 2.75) is 6.54 Å². The summed E-state index contributed by atoms with van der Waals surface area (Å²) in [6.07, 6.45) is 0. The van der Waals surface area contributed by atoms with Crippen molar-refractivity contribution in [2.24, 2.45) is 0 Å². The molecule has 0 aliphatic heterocycles. The first-order chi connectivity index (χ1) is 11.1. The standard InChI is InChI=1S/C17H14N2O3S/c20-15-11-23-17(22)19(15)10-12-6-8-14(9-7-12)18-16(21)13-4-2-1-3-5-13/h1-9,11,20H,10H2,(H,18,21). The zero-order valence-electron chi connectivity index (χ0n) is 12.1. The first-order valence-corrected chi connectivity index (χ1v) is 7.84. The number of hydrogen-bond donors (Lipinski definition) is 2. The number of nitrogens with zero attached hydrogens (tertiary/aromatic N) is 1. The molecule has 0 fully saturated rings. The van der Waals surface area contributed by atoms with Gasteiger partial charge in [0.1, 0.15) is 0 Å². The van der Waals surface area contributed by atoms with Gasteiger partial charge in [0.2, 0.25) is 5.88 Å². The highest BCUT2D eigenvalue weighted by Gasteiger charge is 2.07. The van der Waals surface area contributed by atoms with Crippen LogP contribution in [0.25, 0.3) is 0 Å². The third-order valence-electron chi connectivity index (χ3n) is 3.35. The van der Waals surface area contributed by atoms with Crippen LogP contribution in [0.15, 0.2) is 64.8 Å². The topological polar surface area (TPSA) is 71.3 Å². The Morgan fingerprint density at radius 3 is 2.39 bits per heavy atom. The number of carbonyl (C=O) groups excluding carboxylic acids is 1. The fraction of sp³-hybridized carbons (Fsp3) is 0.0588. The van der Waals surface area contributed by atoms with E-state index in [-0.39, 0.29) is 16.7 Å². The molecule has 0 spiro atoms. The zero-order chi connectivity index (χ0) is 16.2. The molecule has 0 atom stereocenters. The fourth-order valence-electron chi connectivity index (χ4n) is 2.14. The maximum atomic E-state index is 12.1. The van der Waals surface area contributed by atoms with E-state index in [0.717, 1.165) is 16.9 Å². The number of carbonyl (C=O) groups is 1. The molecule has 0 bridgehead atoms. The van der Waals surface area contributed by atoms with Gasteiger partial charge >= 0.3 is 4.87 Å². The van der Waals surface area contributed by atoms with Gasteiger partial charge in [-0.3, -0.25) is 14.2 Å². The van der Waals surface area contributed by atoms with Gasteiger partial charge in [-0.1, -0.05) is 41.7 Å². The smallest absolute Gasteiger partial charge is 0.310 e. The number of amides is 1. The summed E-state index contributed by atoms with van der Waals surface area (Å²) in [6.45, 7) is 0.293. The normalized spacial score (nSPS) is 10.4. The van der Waals surface area contributed by atoms with Gasteiger partial charge in [0.15, 0.2) is 0 Å². The van der Waals surface area contributed by atoms with E-state index in [0.29, 0.717) is 17.8 Å². The van der Waals surface area contributed by atoms with Crippen molar-refractivity contribution in [3.05, 3.63) is 80.8 Å². The third-order valence-corrected chi connectivity index (χ3v) is 4.10. The molecule has 2 aromatic carbocycles. The molecule has 0 radical (unpaired) electrons. The van der Waals surface area contributed by atoms with Crippen LogP contribution in [0.4, 0.5) is 5.69 Å². The molecule has 3 aromatic rings. The van der Waals surface area contributed by atoms with Crippen LogP contribution in [0.1, 0.15) is 15.9 Å². The van der Waals surface area contributed by atoms with Crippen LogP contribution in [0.3, 0.4) is 0 Å². The third kappa shape index (κ3) is 3.49. The molecule has 0 unspecified atom stereocenters. The number of aromatic hydroxyl groups is 1. The Bertz CT molecular complexity index is 867. The molecule has 3 rings (SSSR count). The van der Waals surface area contributed by atoms with Crippen molar-refractivity contribution in [2.75, 3.05) is 5.32 Å². The van der Waals surface area contributed by atoms with Crippen molar-refractivity contribution in [3.8, 4) is 5.88 Å². The predicted molar refractivity (Wildman–Crippen MR) is 90.2 cm³/mol. The van der Waals surface area contributed by atoms with Crippen LogP contribution < -0.4 is 10.2 Å². The molecule has 116 valence electrons. The monoisotopic (exact) mass is 326 g/mol. The summed E-state index contributed by atoms with van der Waals surface area (Å²) in [5, 5.41) is 13.8. The minimum Gasteiger partial charge on any atom is -0.494 e. The van der Waals surface area contributed by atoms with Crippen molar-refractivity contribution in [1.82, 2.24) is 4.57 Å². The lowest BCUT2D eigenvalue weighted by Gasteiger charge is -2.07. The number of thiazole rings is 1. The van der Waals surface area contributed by atoms with Gasteiger partial charge in [-0.05, 0) is 29.8 Å². The Morgan fingerprint density at radius 2 is 1.78 bits per heavy atom. The lowest BCUT2D eigenvalue weighted by Crippen LogP contribution is -2.14. The molecule has 1 amide bonds. The number of aromatic nitrogens is 1. The Morgan fingerprint density at radius 1 is 1.09 bits per heavy atom. The molecule has 6 heteroatoms. The second kappa shape index (κ2) is 6.50. The summed E-state index contributed by atoms with van der Waals surface area (Å²) in [7, 11) is 0. The van der Waals surface area contributed by atoms with Gasteiger partial charge in [0, 0.05) is 11.3 Å². The van der Waals surface area contributed by atoms with Crippen LogP contribution in [0.5, 0.6) is 5.88 Å². The van der Waals surface area contributed by atoms with Crippen molar-refractivity contribution in [1.29, 1.82) is 0 Å². The van der Waals surface area contributed by atoms with Crippen molar-refractivity contribution < 1.29 is 9.90 Å². The van der Waals surface area contributed by atoms with E-state index >= 15 is 0 Å². The van der Waals surface area contributed by atoms with Crippen LogP contribution in [0, 0.1) is 0 Å². The highest BCUT2D eigenvalue weighted by molar-refractivity contribution is 7.07. The SMILES string of the molecule is O=C(Nc1ccc(Cn2c(O)csc2=O)cc1)c1ccccc1. The summed E-state index contributed by atoms with van der Waals surface area (Å²) in [5.41, 5.74) is 2.12. The Balaban J connectivity index is 1.70.